The van der Waals surface area contributed by atoms with Crippen LogP contribution in [0.3, 0.4) is 0 Å². The third-order valence-corrected chi connectivity index (χ3v) is 4.34. The minimum absolute atomic E-state index is 0.372. The molecule has 2 atom stereocenters. The lowest BCUT2D eigenvalue weighted by molar-refractivity contribution is 0.310. The van der Waals surface area contributed by atoms with Gasteiger partial charge < -0.3 is 5.32 Å². The van der Waals surface area contributed by atoms with Crippen molar-refractivity contribution in [2.75, 3.05) is 6.54 Å². The van der Waals surface area contributed by atoms with Gasteiger partial charge in [-0.1, -0.05) is 31.4 Å². The summed E-state index contributed by atoms with van der Waals surface area (Å²) in [6.45, 7) is 7.65. The molecule has 0 saturated heterocycles. The zero-order chi connectivity index (χ0) is 13.8. The van der Waals surface area contributed by atoms with Crippen LogP contribution in [0.4, 0.5) is 0 Å². The SMILES string of the molecule is CCCNC1CCCCC1c1c(Cl)cnn1C(C)C. The van der Waals surface area contributed by atoms with E-state index in [2.05, 4.69) is 35.9 Å². The molecule has 1 heterocycles. The van der Waals surface area contributed by atoms with Gasteiger partial charge in [-0.2, -0.15) is 5.10 Å². The predicted octanol–water partition coefficient (Wildman–Crippen LogP) is 4.14. The maximum Gasteiger partial charge on any atom is 0.0821 e. The van der Waals surface area contributed by atoms with Crippen LogP contribution in [-0.2, 0) is 0 Å². The van der Waals surface area contributed by atoms with Crippen molar-refractivity contribution in [2.45, 2.75) is 70.9 Å². The molecule has 1 aliphatic carbocycles. The second-order valence-electron chi connectivity index (χ2n) is 5.87. The Morgan fingerprint density at radius 1 is 1.42 bits per heavy atom. The molecule has 1 fully saturated rings. The summed E-state index contributed by atoms with van der Waals surface area (Å²) in [6.07, 6.45) is 8.09. The Morgan fingerprint density at radius 2 is 2.16 bits per heavy atom. The van der Waals surface area contributed by atoms with Crippen LogP contribution in [0.2, 0.25) is 5.02 Å². The molecule has 19 heavy (non-hydrogen) atoms. The first-order valence-electron chi connectivity index (χ1n) is 7.61. The van der Waals surface area contributed by atoms with Crippen LogP contribution in [0.15, 0.2) is 6.20 Å². The van der Waals surface area contributed by atoms with Crippen molar-refractivity contribution in [3.63, 3.8) is 0 Å². The van der Waals surface area contributed by atoms with Crippen molar-refractivity contribution in [1.29, 1.82) is 0 Å². The zero-order valence-corrected chi connectivity index (χ0v) is 13.1. The standard InChI is InChI=1S/C15H26ClN3/c1-4-9-17-14-8-6-5-7-12(14)15-13(16)10-18-19(15)11(2)3/h10-12,14,17H,4-9H2,1-3H3. The summed E-state index contributed by atoms with van der Waals surface area (Å²) in [4.78, 5) is 0. The lowest BCUT2D eigenvalue weighted by atomic mass is 9.82. The molecule has 1 aromatic heterocycles. The largest absolute Gasteiger partial charge is 0.313 e. The number of hydrogen-bond donors (Lipinski definition) is 1. The lowest BCUT2D eigenvalue weighted by Gasteiger charge is -2.33. The Balaban J connectivity index is 2.24. The van der Waals surface area contributed by atoms with E-state index in [1.807, 2.05) is 6.20 Å². The van der Waals surface area contributed by atoms with Crippen molar-refractivity contribution in [2.24, 2.45) is 0 Å². The molecule has 0 amide bonds. The average molecular weight is 284 g/mol. The second kappa shape index (κ2) is 6.76. The van der Waals surface area contributed by atoms with Gasteiger partial charge in [0, 0.05) is 18.0 Å². The maximum absolute atomic E-state index is 6.41. The van der Waals surface area contributed by atoms with Crippen LogP contribution >= 0.6 is 11.6 Å². The Morgan fingerprint density at radius 3 is 2.84 bits per heavy atom. The smallest absolute Gasteiger partial charge is 0.0821 e. The molecule has 0 bridgehead atoms. The Bertz CT molecular complexity index is 400. The highest BCUT2D eigenvalue weighted by Gasteiger charge is 2.30. The van der Waals surface area contributed by atoms with Gasteiger partial charge in [0.2, 0.25) is 0 Å². The Kier molecular flexibility index (Phi) is 5.28. The molecule has 1 saturated carbocycles. The van der Waals surface area contributed by atoms with Gasteiger partial charge in [-0.05, 0) is 39.7 Å². The predicted molar refractivity (Wildman–Crippen MR) is 80.9 cm³/mol. The summed E-state index contributed by atoms with van der Waals surface area (Å²) < 4.78 is 2.11. The number of halogens is 1. The number of hydrogen-bond acceptors (Lipinski definition) is 2. The van der Waals surface area contributed by atoms with E-state index in [1.54, 1.807) is 0 Å². The van der Waals surface area contributed by atoms with Gasteiger partial charge in [-0.15, -0.1) is 0 Å². The molecule has 1 aromatic rings. The second-order valence-corrected chi connectivity index (χ2v) is 6.27. The normalized spacial score (nSPS) is 24.1. The minimum atomic E-state index is 0.372. The highest BCUT2D eigenvalue weighted by molar-refractivity contribution is 6.31. The fourth-order valence-electron chi connectivity index (χ4n) is 3.14. The third kappa shape index (κ3) is 3.32. The van der Waals surface area contributed by atoms with E-state index in [0.29, 0.717) is 18.0 Å². The molecule has 0 aliphatic heterocycles. The summed E-state index contributed by atoms with van der Waals surface area (Å²) in [5.41, 5.74) is 1.24. The van der Waals surface area contributed by atoms with Gasteiger partial charge in [-0.25, -0.2) is 0 Å². The molecule has 0 aromatic carbocycles. The van der Waals surface area contributed by atoms with Crippen LogP contribution in [-0.4, -0.2) is 22.4 Å². The molecule has 2 rings (SSSR count). The average Bonchev–Trinajstić information content (AvgIpc) is 2.78. The molecule has 3 nitrogen and oxygen atoms in total. The number of nitrogens with one attached hydrogen (secondary N) is 1. The molecule has 1 N–H and O–H groups in total. The monoisotopic (exact) mass is 283 g/mol. The van der Waals surface area contributed by atoms with E-state index >= 15 is 0 Å². The summed E-state index contributed by atoms with van der Waals surface area (Å²) in [7, 11) is 0. The summed E-state index contributed by atoms with van der Waals surface area (Å²) in [5, 5.41) is 9.00. The quantitative estimate of drug-likeness (QED) is 0.880. The minimum Gasteiger partial charge on any atom is -0.313 e. The van der Waals surface area contributed by atoms with E-state index < -0.39 is 0 Å². The first-order chi connectivity index (χ1) is 9.15. The summed E-state index contributed by atoms with van der Waals surface area (Å²) in [6, 6.07) is 0.927. The molecule has 2 unspecified atom stereocenters. The molecule has 1 aliphatic rings. The summed E-state index contributed by atoms with van der Waals surface area (Å²) >= 11 is 6.41. The van der Waals surface area contributed by atoms with E-state index in [9.17, 15) is 0 Å². The first kappa shape index (κ1) is 14.9. The van der Waals surface area contributed by atoms with Crippen LogP contribution in [0, 0.1) is 0 Å². The molecular weight excluding hydrogens is 258 g/mol. The fourth-order valence-corrected chi connectivity index (χ4v) is 3.41. The van der Waals surface area contributed by atoms with E-state index in [1.165, 1.54) is 37.8 Å². The van der Waals surface area contributed by atoms with Crippen molar-refractivity contribution in [3.8, 4) is 0 Å². The van der Waals surface area contributed by atoms with Gasteiger partial charge in [0.05, 0.1) is 16.9 Å². The Hall–Kier alpha value is -0.540. The van der Waals surface area contributed by atoms with E-state index in [4.69, 9.17) is 11.6 Å². The number of aromatic nitrogens is 2. The zero-order valence-electron chi connectivity index (χ0n) is 12.3. The van der Waals surface area contributed by atoms with Crippen LogP contribution in [0.1, 0.15) is 70.5 Å². The maximum atomic E-state index is 6.41. The molecule has 0 spiro atoms. The highest BCUT2D eigenvalue weighted by Crippen LogP contribution is 2.37. The summed E-state index contributed by atoms with van der Waals surface area (Å²) in [5.74, 6) is 0.512. The van der Waals surface area contributed by atoms with Crippen molar-refractivity contribution in [1.82, 2.24) is 15.1 Å². The molecule has 108 valence electrons. The topological polar surface area (TPSA) is 29.9 Å². The molecule has 0 radical (unpaired) electrons. The third-order valence-electron chi connectivity index (χ3n) is 4.05. The molecular formula is C15H26ClN3. The van der Waals surface area contributed by atoms with Crippen LogP contribution in [0.25, 0.3) is 0 Å². The van der Waals surface area contributed by atoms with E-state index in [-0.39, 0.29) is 0 Å². The number of nitrogens with zero attached hydrogens (tertiary/aromatic N) is 2. The van der Waals surface area contributed by atoms with Gasteiger partial charge in [-0.3, -0.25) is 4.68 Å². The highest BCUT2D eigenvalue weighted by atomic mass is 35.5. The van der Waals surface area contributed by atoms with Gasteiger partial charge in [0.15, 0.2) is 0 Å². The van der Waals surface area contributed by atoms with Gasteiger partial charge in [0.1, 0.15) is 0 Å². The van der Waals surface area contributed by atoms with Crippen LogP contribution in [0.5, 0.6) is 0 Å². The van der Waals surface area contributed by atoms with Gasteiger partial charge >= 0.3 is 0 Å². The lowest BCUT2D eigenvalue weighted by Crippen LogP contribution is -2.38. The van der Waals surface area contributed by atoms with Crippen molar-refractivity contribution >= 4 is 11.6 Å². The first-order valence-corrected chi connectivity index (χ1v) is 7.99. The molecule has 4 heteroatoms. The van der Waals surface area contributed by atoms with Crippen LogP contribution < -0.4 is 5.32 Å². The van der Waals surface area contributed by atoms with Crippen molar-refractivity contribution in [3.05, 3.63) is 16.9 Å². The number of rotatable bonds is 5. The fraction of sp³-hybridized carbons (Fsp3) is 0.800. The van der Waals surface area contributed by atoms with E-state index in [0.717, 1.165) is 11.6 Å². The Labute approximate surface area is 121 Å². The van der Waals surface area contributed by atoms with Crippen molar-refractivity contribution < 1.29 is 0 Å². The van der Waals surface area contributed by atoms with Gasteiger partial charge in [0.25, 0.3) is 0 Å².